The Morgan fingerprint density at radius 3 is 1.02 bits per heavy atom. The molecule has 0 radical (unpaired) electrons. The zero-order valence-electron chi connectivity index (χ0n) is 31.9. The first-order valence-corrected chi connectivity index (χ1v) is 20.2. The van der Waals surface area contributed by atoms with Crippen LogP contribution in [0.25, 0.3) is 16.9 Å². The van der Waals surface area contributed by atoms with E-state index in [0.717, 1.165) is 49.9 Å². The van der Waals surface area contributed by atoms with Crippen molar-refractivity contribution in [3.8, 4) is 0 Å². The van der Waals surface area contributed by atoms with Gasteiger partial charge in [-0.3, -0.25) is 0 Å². The maximum absolute atomic E-state index is 12.5. The second kappa shape index (κ2) is 24.4. The van der Waals surface area contributed by atoms with Crippen LogP contribution in [-0.2, 0) is 46.1 Å². The van der Waals surface area contributed by atoms with Crippen LogP contribution in [0.1, 0.15) is 197 Å². The smallest absolute Gasteiger partial charge is 0.211 e. The molecule has 2 aromatic carbocycles. The molecule has 0 amide bonds. The van der Waals surface area contributed by atoms with E-state index in [1.54, 1.807) is 4.70 Å². The topological polar surface area (TPSA) is 25.3 Å². The SMILES string of the molecule is CCCCCCC1=C(c2cc(CCCC)cc(CCCCC)c2)[N+](=[N-])C(c2cc(CCCC)cc(CCCCC)c2)=C1CCCCC.[Pd]. The number of rotatable bonds is 25. The summed E-state index contributed by atoms with van der Waals surface area (Å²) in [5.41, 5.74) is 25.7. The normalized spacial score (nSPS) is 13.2. The fourth-order valence-electron chi connectivity index (χ4n) is 7.36. The summed E-state index contributed by atoms with van der Waals surface area (Å²) in [6.07, 6.45) is 27.4. The molecule has 2 nitrogen and oxygen atoms in total. The molecule has 0 aromatic heterocycles. The predicted octanol–water partition coefficient (Wildman–Crippen LogP) is 14.6. The van der Waals surface area contributed by atoms with Crippen LogP contribution in [0, 0.1) is 0 Å². The summed E-state index contributed by atoms with van der Waals surface area (Å²) < 4.78 is 1.67. The first-order chi connectivity index (χ1) is 23.0. The first-order valence-electron chi connectivity index (χ1n) is 20.2. The number of hydrogen-bond donors (Lipinski definition) is 0. The van der Waals surface area contributed by atoms with Crippen molar-refractivity contribution in [3.63, 3.8) is 0 Å². The molecule has 0 bridgehead atoms. The zero-order valence-corrected chi connectivity index (χ0v) is 33.5. The van der Waals surface area contributed by atoms with E-state index >= 15 is 0 Å². The molecular weight excluding hydrogens is 675 g/mol. The van der Waals surface area contributed by atoms with E-state index in [0.29, 0.717) is 0 Å². The molecule has 0 N–H and O–H groups in total. The minimum Gasteiger partial charge on any atom is -0.493 e. The van der Waals surface area contributed by atoms with E-state index in [-0.39, 0.29) is 20.4 Å². The standard InChI is InChI=1S/C45H70N2.Pd/c1-7-13-19-23-29-43-42(28-22-16-10-4)44(40-32-36(24-17-11-5)30-38(34-40)26-20-14-8-2)47(46)45(43)41-33-37(25-18-12-6)31-39(35-41)27-21-15-9-3;/h30-35H,7-29H2,1-6H3;. The van der Waals surface area contributed by atoms with Gasteiger partial charge in [0, 0.05) is 42.7 Å². The van der Waals surface area contributed by atoms with Gasteiger partial charge in [-0.2, -0.15) is 0 Å². The molecule has 0 saturated carbocycles. The van der Waals surface area contributed by atoms with Crippen LogP contribution >= 0.6 is 0 Å². The summed E-state index contributed by atoms with van der Waals surface area (Å²) >= 11 is 0. The number of aryl methyl sites for hydroxylation is 4. The molecule has 3 heteroatoms. The average molecular weight is 745 g/mol. The predicted molar refractivity (Wildman–Crippen MR) is 207 cm³/mol. The van der Waals surface area contributed by atoms with Gasteiger partial charge in [0.25, 0.3) is 0 Å². The molecule has 1 aliphatic rings. The second-order valence-corrected chi connectivity index (χ2v) is 14.4. The molecule has 2 aromatic rings. The van der Waals surface area contributed by atoms with Gasteiger partial charge in [0.05, 0.1) is 0 Å². The van der Waals surface area contributed by atoms with E-state index in [2.05, 4.69) is 77.9 Å². The summed E-state index contributed by atoms with van der Waals surface area (Å²) in [7, 11) is 0. The quantitative estimate of drug-likeness (QED) is 0.0549. The van der Waals surface area contributed by atoms with E-state index in [1.807, 2.05) is 0 Å². The fourth-order valence-corrected chi connectivity index (χ4v) is 7.36. The number of unbranched alkanes of at least 4 members (excludes halogenated alkanes) is 11. The van der Waals surface area contributed by atoms with Crippen LogP contribution in [0.15, 0.2) is 47.5 Å². The van der Waals surface area contributed by atoms with Gasteiger partial charge in [0.2, 0.25) is 11.4 Å². The van der Waals surface area contributed by atoms with Gasteiger partial charge in [-0.05, 0) is 124 Å². The number of allylic oxidation sites excluding steroid dienone is 2. The number of benzene rings is 2. The van der Waals surface area contributed by atoms with Gasteiger partial charge in [-0.25, -0.2) is 4.70 Å². The van der Waals surface area contributed by atoms with Crippen LogP contribution < -0.4 is 0 Å². The molecule has 0 unspecified atom stereocenters. The van der Waals surface area contributed by atoms with E-state index in [9.17, 15) is 5.53 Å². The monoisotopic (exact) mass is 744 g/mol. The molecule has 1 aliphatic heterocycles. The molecule has 0 aliphatic carbocycles. The van der Waals surface area contributed by atoms with Crippen LogP contribution in [0.2, 0.25) is 0 Å². The Morgan fingerprint density at radius 1 is 0.375 bits per heavy atom. The zero-order chi connectivity index (χ0) is 33.9. The van der Waals surface area contributed by atoms with Crippen molar-refractivity contribution in [2.75, 3.05) is 0 Å². The van der Waals surface area contributed by atoms with Crippen molar-refractivity contribution < 1.29 is 25.1 Å². The summed E-state index contributed by atoms with van der Waals surface area (Å²) in [5.74, 6) is 0. The Kier molecular flexibility index (Phi) is 21.5. The fraction of sp³-hybridized carbons (Fsp3) is 0.644. The van der Waals surface area contributed by atoms with Gasteiger partial charge in [0.15, 0.2) is 0 Å². The maximum Gasteiger partial charge on any atom is 0.211 e. The third-order valence-corrected chi connectivity index (χ3v) is 10.1. The summed E-state index contributed by atoms with van der Waals surface area (Å²) in [4.78, 5) is 0. The van der Waals surface area contributed by atoms with E-state index in [1.165, 1.54) is 154 Å². The van der Waals surface area contributed by atoms with Crippen LogP contribution in [0.3, 0.4) is 0 Å². The van der Waals surface area contributed by atoms with Crippen LogP contribution in [0.5, 0.6) is 0 Å². The van der Waals surface area contributed by atoms with Crippen molar-refractivity contribution in [1.82, 2.24) is 0 Å². The molecule has 48 heavy (non-hydrogen) atoms. The molecule has 3 rings (SSSR count). The molecule has 0 atom stereocenters. The molecular formula is C45H70N2Pd. The van der Waals surface area contributed by atoms with Crippen molar-refractivity contribution in [2.45, 2.75) is 189 Å². The Bertz CT molecular complexity index is 1300. The third kappa shape index (κ3) is 13.1. The minimum absolute atomic E-state index is 0. The van der Waals surface area contributed by atoms with E-state index in [4.69, 9.17) is 0 Å². The number of hydrogen-bond acceptors (Lipinski definition) is 0. The Labute approximate surface area is 310 Å². The second-order valence-electron chi connectivity index (χ2n) is 14.4. The molecule has 1 heterocycles. The van der Waals surface area contributed by atoms with Crippen LogP contribution in [-0.4, -0.2) is 4.70 Å². The maximum atomic E-state index is 12.5. The average Bonchev–Trinajstić information content (AvgIpc) is 3.35. The van der Waals surface area contributed by atoms with Crippen LogP contribution in [0.4, 0.5) is 0 Å². The van der Waals surface area contributed by atoms with Gasteiger partial charge >= 0.3 is 0 Å². The molecule has 0 spiro atoms. The molecule has 270 valence electrons. The van der Waals surface area contributed by atoms with Gasteiger partial charge in [-0.15, -0.1) is 0 Å². The molecule has 0 fully saturated rings. The third-order valence-electron chi connectivity index (χ3n) is 10.1. The number of nitrogens with zero attached hydrogens (tertiary/aromatic N) is 2. The summed E-state index contributed by atoms with van der Waals surface area (Å²) in [6.45, 7) is 13.8. The van der Waals surface area contributed by atoms with Crippen molar-refractivity contribution in [1.29, 1.82) is 0 Å². The first kappa shape index (κ1) is 42.4. The summed E-state index contributed by atoms with van der Waals surface area (Å²) in [6, 6.07) is 14.6. The minimum atomic E-state index is 0. The van der Waals surface area contributed by atoms with E-state index < -0.39 is 0 Å². The van der Waals surface area contributed by atoms with Gasteiger partial charge in [0.1, 0.15) is 0 Å². The van der Waals surface area contributed by atoms with Crippen molar-refractivity contribution >= 4 is 11.4 Å². The van der Waals surface area contributed by atoms with Gasteiger partial charge in [-0.1, -0.05) is 124 Å². The summed E-state index contributed by atoms with van der Waals surface area (Å²) in [5, 5.41) is 0. The van der Waals surface area contributed by atoms with Gasteiger partial charge < -0.3 is 5.53 Å². The largest absolute Gasteiger partial charge is 0.493 e. The van der Waals surface area contributed by atoms with Crippen molar-refractivity contribution in [2.24, 2.45) is 0 Å². The Morgan fingerprint density at radius 2 is 0.667 bits per heavy atom. The Balaban J connectivity index is 0.00000800. The van der Waals surface area contributed by atoms with Crippen molar-refractivity contribution in [3.05, 3.63) is 86.5 Å². The molecule has 0 saturated heterocycles. The Hall–Kier alpha value is -1.82.